The van der Waals surface area contributed by atoms with Crippen molar-refractivity contribution in [3.05, 3.63) is 78.6 Å². The molecular formula is C15H11O4. The number of hydrogen-bond donors (Lipinski definition) is 0. The number of carbonyl (C=O) groups excluding carboxylic acids is 2. The van der Waals surface area contributed by atoms with E-state index in [1.165, 1.54) is 0 Å². The van der Waals surface area contributed by atoms with E-state index in [0.29, 0.717) is 11.1 Å². The Morgan fingerprint density at radius 3 is 1.42 bits per heavy atom. The molecule has 2 aromatic carbocycles. The van der Waals surface area contributed by atoms with Crippen LogP contribution in [0.3, 0.4) is 0 Å². The van der Waals surface area contributed by atoms with Crippen LogP contribution in [-0.2, 0) is 9.47 Å². The minimum atomic E-state index is -0.582. The van der Waals surface area contributed by atoms with Gasteiger partial charge in [-0.05, 0) is 24.3 Å². The molecule has 0 aliphatic heterocycles. The Labute approximate surface area is 110 Å². The first-order chi connectivity index (χ1) is 9.27. The van der Waals surface area contributed by atoms with Gasteiger partial charge in [0.15, 0.2) is 0 Å². The number of hydrogen-bond acceptors (Lipinski definition) is 4. The predicted molar refractivity (Wildman–Crippen MR) is 68.0 cm³/mol. The Bertz CT molecular complexity index is 497. The van der Waals surface area contributed by atoms with Crippen molar-refractivity contribution in [3.63, 3.8) is 0 Å². The summed E-state index contributed by atoms with van der Waals surface area (Å²) < 4.78 is 9.43. The molecular weight excluding hydrogens is 244 g/mol. The fourth-order valence-corrected chi connectivity index (χ4v) is 1.40. The quantitative estimate of drug-likeness (QED) is 0.788. The van der Waals surface area contributed by atoms with Gasteiger partial charge in [-0.25, -0.2) is 9.59 Å². The largest absolute Gasteiger partial charge is 0.414 e. The van der Waals surface area contributed by atoms with Crippen LogP contribution in [-0.4, -0.2) is 11.9 Å². The molecule has 4 nitrogen and oxygen atoms in total. The summed E-state index contributed by atoms with van der Waals surface area (Å²) in [5.41, 5.74) is 0.768. The Morgan fingerprint density at radius 1 is 0.684 bits per heavy atom. The van der Waals surface area contributed by atoms with Crippen LogP contribution < -0.4 is 0 Å². The SMILES string of the molecule is O=C(O[CH]OC(=O)c1ccccc1)c1ccccc1. The van der Waals surface area contributed by atoms with Gasteiger partial charge in [-0.3, -0.25) is 0 Å². The Balaban J connectivity index is 1.81. The summed E-state index contributed by atoms with van der Waals surface area (Å²) in [6, 6.07) is 16.9. The van der Waals surface area contributed by atoms with Gasteiger partial charge in [0.1, 0.15) is 0 Å². The molecule has 0 bridgehead atoms. The van der Waals surface area contributed by atoms with Crippen LogP contribution in [0.15, 0.2) is 60.7 Å². The summed E-state index contributed by atoms with van der Waals surface area (Å²) in [5, 5.41) is 0. The molecule has 95 valence electrons. The third-order valence-corrected chi connectivity index (χ3v) is 2.33. The van der Waals surface area contributed by atoms with Crippen molar-refractivity contribution >= 4 is 11.9 Å². The number of ether oxygens (including phenoxy) is 2. The normalized spacial score (nSPS) is 9.68. The molecule has 0 unspecified atom stereocenters. The van der Waals surface area contributed by atoms with Gasteiger partial charge in [0.2, 0.25) is 0 Å². The average Bonchev–Trinajstić information content (AvgIpc) is 2.49. The van der Waals surface area contributed by atoms with E-state index in [-0.39, 0.29) is 0 Å². The summed E-state index contributed by atoms with van der Waals surface area (Å²) in [5.74, 6) is -1.16. The van der Waals surface area contributed by atoms with Gasteiger partial charge in [-0.2, -0.15) is 0 Å². The Hall–Kier alpha value is -2.62. The highest BCUT2D eigenvalue weighted by molar-refractivity contribution is 5.91. The highest BCUT2D eigenvalue weighted by Crippen LogP contribution is 2.05. The van der Waals surface area contributed by atoms with Crippen LogP contribution in [0.25, 0.3) is 0 Å². The molecule has 0 saturated carbocycles. The molecule has 0 spiro atoms. The molecule has 19 heavy (non-hydrogen) atoms. The molecule has 0 aliphatic carbocycles. The van der Waals surface area contributed by atoms with Gasteiger partial charge in [0, 0.05) is 0 Å². The van der Waals surface area contributed by atoms with Crippen LogP contribution in [0, 0.1) is 6.79 Å². The van der Waals surface area contributed by atoms with Gasteiger partial charge in [0.05, 0.1) is 11.1 Å². The topological polar surface area (TPSA) is 52.6 Å². The summed E-state index contributed by atoms with van der Waals surface area (Å²) in [7, 11) is 0. The highest BCUT2D eigenvalue weighted by atomic mass is 16.7. The lowest BCUT2D eigenvalue weighted by atomic mass is 10.2. The van der Waals surface area contributed by atoms with Crippen molar-refractivity contribution in [1.29, 1.82) is 0 Å². The summed E-state index contributed by atoms with van der Waals surface area (Å²) in [6.07, 6.45) is 0. The fraction of sp³-hybridized carbons (Fsp3) is 0. The maximum Gasteiger partial charge on any atom is 0.341 e. The fourth-order valence-electron chi connectivity index (χ4n) is 1.40. The maximum absolute atomic E-state index is 11.5. The summed E-state index contributed by atoms with van der Waals surface area (Å²) in [4.78, 5) is 23.0. The van der Waals surface area contributed by atoms with E-state index < -0.39 is 11.9 Å². The maximum atomic E-state index is 11.5. The van der Waals surface area contributed by atoms with Gasteiger partial charge in [0.25, 0.3) is 0 Å². The average molecular weight is 255 g/mol. The lowest BCUT2D eigenvalue weighted by molar-refractivity contribution is 0.0181. The first-order valence-corrected chi connectivity index (χ1v) is 5.61. The number of benzene rings is 2. The number of rotatable bonds is 4. The third kappa shape index (κ3) is 3.67. The van der Waals surface area contributed by atoms with Crippen molar-refractivity contribution in [2.24, 2.45) is 0 Å². The lowest BCUT2D eigenvalue weighted by Gasteiger charge is -2.04. The van der Waals surface area contributed by atoms with Crippen LogP contribution in [0.4, 0.5) is 0 Å². The van der Waals surface area contributed by atoms with Crippen molar-refractivity contribution < 1.29 is 19.1 Å². The van der Waals surface area contributed by atoms with Crippen molar-refractivity contribution in [2.75, 3.05) is 0 Å². The second-order valence-electron chi connectivity index (χ2n) is 3.64. The molecule has 0 heterocycles. The molecule has 1 radical (unpaired) electrons. The number of esters is 2. The molecule has 2 aromatic rings. The number of carbonyl (C=O) groups is 2. The van der Waals surface area contributed by atoms with Crippen molar-refractivity contribution in [3.8, 4) is 0 Å². The molecule has 0 N–H and O–H groups in total. The predicted octanol–water partition coefficient (Wildman–Crippen LogP) is 2.82. The summed E-state index contributed by atoms with van der Waals surface area (Å²) >= 11 is 0. The second-order valence-corrected chi connectivity index (χ2v) is 3.64. The van der Waals surface area contributed by atoms with E-state index in [9.17, 15) is 9.59 Å². The van der Waals surface area contributed by atoms with Crippen molar-refractivity contribution in [1.82, 2.24) is 0 Å². The minimum absolute atomic E-state index is 0.384. The van der Waals surface area contributed by atoms with E-state index in [1.807, 2.05) is 0 Å². The van der Waals surface area contributed by atoms with E-state index in [4.69, 9.17) is 9.47 Å². The van der Waals surface area contributed by atoms with Crippen LogP contribution in [0.1, 0.15) is 20.7 Å². The van der Waals surface area contributed by atoms with Crippen LogP contribution in [0.2, 0.25) is 0 Å². The second kappa shape index (κ2) is 6.35. The zero-order valence-corrected chi connectivity index (χ0v) is 9.98. The van der Waals surface area contributed by atoms with E-state index >= 15 is 0 Å². The van der Waals surface area contributed by atoms with E-state index in [2.05, 4.69) is 0 Å². The molecule has 0 amide bonds. The first-order valence-electron chi connectivity index (χ1n) is 5.61. The summed E-state index contributed by atoms with van der Waals surface area (Å²) in [6.45, 7) is 0.741. The molecule has 0 atom stereocenters. The van der Waals surface area contributed by atoms with E-state index in [1.54, 1.807) is 60.7 Å². The molecule has 2 rings (SSSR count). The first kappa shape index (κ1) is 12.8. The Kier molecular flexibility index (Phi) is 4.29. The van der Waals surface area contributed by atoms with Gasteiger partial charge < -0.3 is 9.47 Å². The Morgan fingerprint density at radius 2 is 1.05 bits per heavy atom. The van der Waals surface area contributed by atoms with Crippen LogP contribution >= 0.6 is 0 Å². The van der Waals surface area contributed by atoms with Gasteiger partial charge >= 0.3 is 18.7 Å². The lowest BCUT2D eigenvalue weighted by Crippen LogP contribution is -2.09. The third-order valence-electron chi connectivity index (χ3n) is 2.33. The standard InChI is InChI=1S/C15H11O4/c16-14(12-7-3-1-4-8-12)18-11-19-15(17)13-9-5-2-6-10-13/h1-11H. The van der Waals surface area contributed by atoms with Gasteiger partial charge in [-0.1, -0.05) is 36.4 Å². The molecule has 0 saturated heterocycles. The van der Waals surface area contributed by atoms with Gasteiger partial charge in [-0.15, -0.1) is 0 Å². The molecule has 4 heteroatoms. The molecule has 0 aromatic heterocycles. The minimum Gasteiger partial charge on any atom is -0.414 e. The zero-order valence-electron chi connectivity index (χ0n) is 9.98. The van der Waals surface area contributed by atoms with E-state index in [0.717, 1.165) is 6.79 Å². The van der Waals surface area contributed by atoms with Crippen LogP contribution in [0.5, 0.6) is 0 Å². The molecule has 0 aliphatic rings. The smallest absolute Gasteiger partial charge is 0.341 e. The zero-order chi connectivity index (χ0) is 13.5. The monoisotopic (exact) mass is 255 g/mol. The molecule has 0 fully saturated rings. The van der Waals surface area contributed by atoms with Crippen molar-refractivity contribution in [2.45, 2.75) is 0 Å². The highest BCUT2D eigenvalue weighted by Gasteiger charge is 2.10.